The number of carbonyl (C=O) groups is 2. The van der Waals surface area contributed by atoms with Crippen LogP contribution in [0, 0.1) is 11.3 Å². The highest BCUT2D eigenvalue weighted by atomic mass is 32.2. The molecule has 1 saturated heterocycles. The smallest absolute Gasteiger partial charge is 0.267 e. The quantitative estimate of drug-likeness (QED) is 0.205. The number of sulfonamides is 1. The Morgan fingerprint density at radius 2 is 1.76 bits per heavy atom. The third kappa shape index (κ3) is 8.32. The van der Waals surface area contributed by atoms with Crippen LogP contribution >= 0.6 is 0 Å². The third-order valence-corrected chi connectivity index (χ3v) is 8.71. The Balaban J connectivity index is 1.30. The Morgan fingerprint density at radius 3 is 2.36 bits per heavy atom. The Labute approximate surface area is 247 Å². The lowest BCUT2D eigenvalue weighted by Crippen LogP contribution is -2.46. The monoisotopic (exact) mass is 597 g/mol. The van der Waals surface area contributed by atoms with E-state index in [1.54, 1.807) is 38.4 Å². The van der Waals surface area contributed by atoms with Crippen molar-refractivity contribution in [3.05, 3.63) is 70.9 Å². The molecule has 4 rings (SSSR count). The van der Waals surface area contributed by atoms with Gasteiger partial charge in [0.25, 0.3) is 11.8 Å². The lowest BCUT2D eigenvalue weighted by atomic mass is 10.1. The van der Waals surface area contributed by atoms with Crippen molar-refractivity contribution in [3.63, 3.8) is 0 Å². The standard InChI is InChI=1S/C30H39N5O6S/c1-32-26(17-25(31)21-11-12-21)30(37)33-18-23-5-4-6-27(28(23)40-2)41-19-20-7-9-22(10-8-20)29(36)34-24-13-15-35(16-14-24)42(3,38)39/h4-10,17,21,24,31-32H,11-16,18-19H2,1-3H3,(H,33,37)(H,34,36)/b26-17-,31-25?. The number of allylic oxidation sites excluding steroid dienone is 1. The van der Waals surface area contributed by atoms with E-state index in [0.717, 1.165) is 24.0 Å². The van der Waals surface area contributed by atoms with Gasteiger partial charge in [-0.3, -0.25) is 9.59 Å². The minimum atomic E-state index is -3.21. The molecule has 11 nitrogen and oxygen atoms in total. The van der Waals surface area contributed by atoms with E-state index in [1.807, 2.05) is 24.3 Å². The fourth-order valence-electron chi connectivity index (χ4n) is 4.75. The van der Waals surface area contributed by atoms with E-state index in [4.69, 9.17) is 14.9 Å². The number of methoxy groups -OCH3 is 1. The largest absolute Gasteiger partial charge is 0.493 e. The van der Waals surface area contributed by atoms with Crippen LogP contribution in [0.5, 0.6) is 11.5 Å². The zero-order chi connectivity index (χ0) is 30.3. The average Bonchev–Trinajstić information content (AvgIpc) is 3.83. The highest BCUT2D eigenvalue weighted by Crippen LogP contribution is 2.32. The summed E-state index contributed by atoms with van der Waals surface area (Å²) in [5.41, 5.74) is 2.92. The normalized spacial score (nSPS) is 16.4. The molecule has 226 valence electrons. The molecule has 1 saturated carbocycles. The van der Waals surface area contributed by atoms with Crippen LogP contribution in [0.4, 0.5) is 0 Å². The first kappa shape index (κ1) is 31.0. The van der Waals surface area contributed by atoms with Gasteiger partial charge in [-0.2, -0.15) is 0 Å². The molecule has 0 radical (unpaired) electrons. The van der Waals surface area contributed by atoms with Gasteiger partial charge in [-0.1, -0.05) is 24.3 Å². The molecule has 2 amide bonds. The zero-order valence-corrected chi connectivity index (χ0v) is 25.1. The van der Waals surface area contributed by atoms with E-state index in [1.165, 1.54) is 10.6 Å². The summed E-state index contributed by atoms with van der Waals surface area (Å²) in [6.45, 7) is 1.26. The maximum Gasteiger partial charge on any atom is 0.267 e. The summed E-state index contributed by atoms with van der Waals surface area (Å²) < 4.78 is 36.5. The van der Waals surface area contributed by atoms with Crippen molar-refractivity contribution in [1.29, 1.82) is 5.41 Å². The summed E-state index contributed by atoms with van der Waals surface area (Å²) in [7, 11) is -0.00641. The van der Waals surface area contributed by atoms with E-state index in [-0.39, 0.29) is 36.9 Å². The number of rotatable bonds is 13. The third-order valence-electron chi connectivity index (χ3n) is 7.40. The summed E-state index contributed by atoms with van der Waals surface area (Å²) in [4.78, 5) is 25.4. The first-order valence-electron chi connectivity index (χ1n) is 14.0. The highest BCUT2D eigenvalue weighted by molar-refractivity contribution is 7.88. The number of piperidine rings is 1. The number of ether oxygens (including phenoxy) is 2. The predicted molar refractivity (Wildman–Crippen MR) is 160 cm³/mol. The van der Waals surface area contributed by atoms with Crippen molar-refractivity contribution >= 4 is 27.5 Å². The number of benzene rings is 2. The molecule has 0 unspecified atom stereocenters. The molecule has 2 aromatic rings. The highest BCUT2D eigenvalue weighted by Gasteiger charge is 2.27. The lowest BCUT2D eigenvalue weighted by molar-refractivity contribution is -0.118. The van der Waals surface area contributed by atoms with E-state index >= 15 is 0 Å². The summed E-state index contributed by atoms with van der Waals surface area (Å²) in [5, 5.41) is 16.8. The van der Waals surface area contributed by atoms with Gasteiger partial charge in [-0.25, -0.2) is 12.7 Å². The van der Waals surface area contributed by atoms with Crippen molar-refractivity contribution < 1.29 is 27.5 Å². The Morgan fingerprint density at radius 1 is 1.07 bits per heavy atom. The fraction of sp³-hybridized carbons (Fsp3) is 0.433. The van der Waals surface area contributed by atoms with Crippen LogP contribution in [0.2, 0.25) is 0 Å². The van der Waals surface area contributed by atoms with Gasteiger partial charge in [0.2, 0.25) is 10.0 Å². The SMILES string of the molecule is CN/C(=C\C(=N)C1CC1)C(=O)NCc1cccc(OCc2ccc(C(=O)NC3CCN(S(C)(=O)=O)CC3)cc2)c1OC. The van der Waals surface area contributed by atoms with E-state index in [9.17, 15) is 18.0 Å². The summed E-state index contributed by atoms with van der Waals surface area (Å²) in [6.07, 6.45) is 5.93. The van der Waals surface area contributed by atoms with Gasteiger partial charge in [0.1, 0.15) is 12.3 Å². The van der Waals surface area contributed by atoms with Gasteiger partial charge >= 0.3 is 0 Å². The molecule has 1 aliphatic carbocycles. The molecular formula is C30H39N5O6S. The van der Waals surface area contributed by atoms with Gasteiger partial charge in [-0.05, 0) is 55.5 Å². The van der Waals surface area contributed by atoms with Gasteiger partial charge in [-0.15, -0.1) is 0 Å². The predicted octanol–water partition coefficient (Wildman–Crippen LogP) is 2.58. The number of nitrogens with zero attached hydrogens (tertiary/aromatic N) is 1. The second-order valence-electron chi connectivity index (χ2n) is 10.6. The van der Waals surface area contributed by atoms with Crippen LogP contribution in [-0.4, -0.2) is 69.8 Å². The Bertz CT molecular complexity index is 1430. The average molecular weight is 598 g/mol. The molecule has 1 heterocycles. The van der Waals surface area contributed by atoms with Gasteiger partial charge in [0.05, 0.1) is 13.4 Å². The van der Waals surface area contributed by atoms with Gasteiger partial charge in [0, 0.05) is 55.5 Å². The van der Waals surface area contributed by atoms with Crippen molar-refractivity contribution in [2.24, 2.45) is 5.92 Å². The fourth-order valence-corrected chi connectivity index (χ4v) is 5.62. The minimum Gasteiger partial charge on any atom is -0.493 e. The van der Waals surface area contributed by atoms with Crippen LogP contribution in [0.15, 0.2) is 54.2 Å². The maximum absolute atomic E-state index is 12.7. The summed E-state index contributed by atoms with van der Waals surface area (Å²) in [5.74, 6) is 0.780. The topological polar surface area (TPSA) is 150 Å². The van der Waals surface area contributed by atoms with Crippen LogP contribution < -0.4 is 25.4 Å². The molecule has 4 N–H and O–H groups in total. The van der Waals surface area contributed by atoms with Crippen molar-refractivity contribution in [1.82, 2.24) is 20.3 Å². The van der Waals surface area contributed by atoms with E-state index < -0.39 is 10.0 Å². The second kappa shape index (κ2) is 13.8. The molecule has 2 aromatic carbocycles. The first-order chi connectivity index (χ1) is 20.1. The van der Waals surface area contributed by atoms with Crippen LogP contribution in [0.25, 0.3) is 0 Å². The molecule has 1 aliphatic heterocycles. The molecule has 2 aliphatic rings. The van der Waals surface area contributed by atoms with Crippen molar-refractivity contribution in [3.8, 4) is 11.5 Å². The summed E-state index contributed by atoms with van der Waals surface area (Å²) in [6, 6.07) is 12.5. The molecule has 2 fully saturated rings. The zero-order valence-electron chi connectivity index (χ0n) is 24.2. The number of hydrogen-bond acceptors (Lipinski definition) is 8. The maximum atomic E-state index is 12.7. The van der Waals surface area contributed by atoms with Crippen LogP contribution in [0.1, 0.15) is 47.2 Å². The number of amides is 2. The Hall–Kier alpha value is -3.90. The molecular weight excluding hydrogens is 558 g/mol. The summed E-state index contributed by atoms with van der Waals surface area (Å²) >= 11 is 0. The molecule has 0 spiro atoms. The number of hydrogen-bond donors (Lipinski definition) is 4. The number of nitrogens with one attached hydrogen (secondary N) is 4. The van der Waals surface area contributed by atoms with Gasteiger partial charge in [0.15, 0.2) is 11.5 Å². The molecule has 0 aromatic heterocycles. The first-order valence-corrected chi connectivity index (χ1v) is 15.8. The van der Waals surface area contributed by atoms with E-state index in [0.29, 0.717) is 54.4 Å². The molecule has 42 heavy (non-hydrogen) atoms. The van der Waals surface area contributed by atoms with Crippen LogP contribution in [-0.2, 0) is 28.0 Å². The molecule has 0 bridgehead atoms. The minimum absolute atomic E-state index is 0.0694. The molecule has 0 atom stereocenters. The second-order valence-corrected chi connectivity index (χ2v) is 12.5. The Kier molecular flexibility index (Phi) is 10.2. The van der Waals surface area contributed by atoms with Gasteiger partial charge < -0.3 is 30.8 Å². The molecule has 12 heteroatoms. The number of likely N-dealkylation sites (N-methyl/N-ethyl adjacent to an activating group) is 1. The van der Waals surface area contributed by atoms with Crippen molar-refractivity contribution in [2.75, 3.05) is 33.5 Å². The van der Waals surface area contributed by atoms with Crippen LogP contribution in [0.3, 0.4) is 0 Å². The van der Waals surface area contributed by atoms with E-state index in [2.05, 4.69) is 16.0 Å². The van der Waals surface area contributed by atoms with Crippen molar-refractivity contribution in [2.45, 2.75) is 44.9 Å². The lowest BCUT2D eigenvalue weighted by Gasteiger charge is -2.30. The number of carbonyl (C=O) groups excluding carboxylic acids is 2. The number of para-hydroxylation sites is 1.